The molecule has 5 heteroatoms. The summed E-state index contributed by atoms with van der Waals surface area (Å²) < 4.78 is 1.05. The number of rotatable bonds is 5. The van der Waals surface area contributed by atoms with Gasteiger partial charge in [-0.15, -0.1) is 11.3 Å². The van der Waals surface area contributed by atoms with Crippen molar-refractivity contribution in [2.75, 3.05) is 6.54 Å². The second kappa shape index (κ2) is 6.66. The van der Waals surface area contributed by atoms with Gasteiger partial charge in [0.1, 0.15) is 0 Å². The van der Waals surface area contributed by atoms with Crippen LogP contribution in [-0.4, -0.2) is 11.5 Å². The van der Waals surface area contributed by atoms with E-state index in [0.717, 1.165) is 22.6 Å². The Morgan fingerprint density at radius 1 is 1.50 bits per heavy atom. The van der Waals surface area contributed by atoms with Gasteiger partial charge in [-0.05, 0) is 17.7 Å². The van der Waals surface area contributed by atoms with E-state index in [0.29, 0.717) is 5.92 Å². The van der Waals surface area contributed by atoms with Crippen LogP contribution in [0.5, 0.6) is 0 Å². The third-order valence-electron chi connectivity index (χ3n) is 2.65. The Bertz CT molecular complexity index is 502. The first-order valence-electron chi connectivity index (χ1n) is 5.71. The maximum absolute atomic E-state index is 5.91. The number of thiazole rings is 1. The average Bonchev–Trinajstić information content (AvgIpc) is 2.85. The largest absolute Gasteiger partial charge is 0.312 e. The zero-order chi connectivity index (χ0) is 13.0. The van der Waals surface area contributed by atoms with Gasteiger partial charge in [-0.25, -0.2) is 4.98 Å². The number of nitrogens with zero attached hydrogens (tertiary/aromatic N) is 1. The van der Waals surface area contributed by atoms with Crippen LogP contribution in [0.15, 0.2) is 34.2 Å². The summed E-state index contributed by atoms with van der Waals surface area (Å²) in [7, 11) is 0. The number of benzene rings is 1. The van der Waals surface area contributed by atoms with Gasteiger partial charge in [-0.3, -0.25) is 0 Å². The minimum absolute atomic E-state index is 0.441. The third-order valence-corrected chi connectivity index (χ3v) is 4.63. The first-order chi connectivity index (χ1) is 8.66. The topological polar surface area (TPSA) is 24.9 Å². The van der Waals surface area contributed by atoms with Crippen molar-refractivity contribution in [2.45, 2.75) is 19.4 Å². The molecule has 96 valence electrons. The normalized spacial score (nSPS) is 12.6. The third kappa shape index (κ3) is 3.79. The average molecular weight is 346 g/mol. The van der Waals surface area contributed by atoms with Crippen LogP contribution in [-0.2, 0) is 6.54 Å². The summed E-state index contributed by atoms with van der Waals surface area (Å²) in [5.41, 5.74) is 1.21. The van der Waals surface area contributed by atoms with Crippen molar-refractivity contribution in [3.8, 4) is 0 Å². The molecule has 0 aliphatic carbocycles. The smallest absolute Gasteiger partial charge is 0.0965 e. The van der Waals surface area contributed by atoms with E-state index in [9.17, 15) is 0 Å². The monoisotopic (exact) mass is 344 g/mol. The minimum Gasteiger partial charge on any atom is -0.312 e. The predicted octanol–water partition coefficient (Wildman–Crippen LogP) is 4.45. The lowest BCUT2D eigenvalue weighted by molar-refractivity contribution is 0.612. The maximum Gasteiger partial charge on any atom is 0.0965 e. The summed E-state index contributed by atoms with van der Waals surface area (Å²) in [6.07, 6.45) is 1.85. The van der Waals surface area contributed by atoms with Crippen molar-refractivity contribution in [3.05, 3.63) is 49.8 Å². The number of halogens is 2. The number of hydrogen-bond acceptors (Lipinski definition) is 3. The second-order valence-corrected chi connectivity index (χ2v) is 6.35. The molecular weight excluding hydrogens is 332 g/mol. The molecule has 1 aromatic heterocycles. The lowest BCUT2D eigenvalue weighted by atomic mass is 10.2. The van der Waals surface area contributed by atoms with E-state index >= 15 is 0 Å². The van der Waals surface area contributed by atoms with Crippen LogP contribution in [0.3, 0.4) is 0 Å². The van der Waals surface area contributed by atoms with Gasteiger partial charge in [0.2, 0.25) is 0 Å². The van der Waals surface area contributed by atoms with E-state index in [4.69, 9.17) is 11.6 Å². The molecule has 0 fully saturated rings. The Balaban J connectivity index is 1.85. The highest BCUT2D eigenvalue weighted by atomic mass is 79.9. The van der Waals surface area contributed by atoms with Gasteiger partial charge in [-0.2, -0.15) is 0 Å². The first-order valence-corrected chi connectivity index (χ1v) is 7.76. The molecule has 2 rings (SSSR count). The number of aromatic nitrogens is 1. The fourth-order valence-electron chi connectivity index (χ4n) is 1.65. The summed E-state index contributed by atoms with van der Waals surface area (Å²) in [6.45, 7) is 3.93. The quantitative estimate of drug-likeness (QED) is 0.866. The van der Waals surface area contributed by atoms with Crippen molar-refractivity contribution in [1.82, 2.24) is 10.3 Å². The number of hydrogen-bond donors (Lipinski definition) is 1. The summed E-state index contributed by atoms with van der Waals surface area (Å²) in [5, 5.41) is 7.39. The van der Waals surface area contributed by atoms with Crippen molar-refractivity contribution in [1.29, 1.82) is 0 Å². The molecule has 0 aliphatic rings. The van der Waals surface area contributed by atoms with Crippen LogP contribution in [0.4, 0.5) is 0 Å². The predicted molar refractivity (Wildman–Crippen MR) is 81.4 cm³/mol. The molecule has 2 aromatic rings. The summed E-state index contributed by atoms with van der Waals surface area (Å²) in [4.78, 5) is 4.32. The zero-order valence-corrected chi connectivity index (χ0v) is 13.1. The van der Waals surface area contributed by atoms with Crippen LogP contribution < -0.4 is 5.32 Å². The zero-order valence-electron chi connectivity index (χ0n) is 9.99. The van der Waals surface area contributed by atoms with Gasteiger partial charge < -0.3 is 5.32 Å². The Morgan fingerprint density at radius 2 is 2.33 bits per heavy atom. The van der Waals surface area contributed by atoms with E-state index in [1.54, 1.807) is 11.3 Å². The van der Waals surface area contributed by atoms with Gasteiger partial charge in [0, 0.05) is 40.1 Å². The Hall–Kier alpha value is -0.420. The molecule has 2 nitrogen and oxygen atoms in total. The van der Waals surface area contributed by atoms with Crippen molar-refractivity contribution in [3.63, 3.8) is 0 Å². The summed E-state index contributed by atoms with van der Waals surface area (Å²) in [6, 6.07) is 5.86. The molecule has 18 heavy (non-hydrogen) atoms. The summed E-state index contributed by atoms with van der Waals surface area (Å²) >= 11 is 11.1. The SMILES string of the molecule is CC(CNCc1ccc(Cl)cc1Br)c1nccs1. The van der Waals surface area contributed by atoms with Crippen molar-refractivity contribution in [2.24, 2.45) is 0 Å². The standard InChI is InChI=1S/C13H14BrClN2S/c1-9(13-17-4-5-18-13)7-16-8-10-2-3-11(15)6-12(10)14/h2-6,9,16H,7-8H2,1H3. The Labute approximate surface area is 125 Å². The van der Waals surface area contributed by atoms with Gasteiger partial charge >= 0.3 is 0 Å². The maximum atomic E-state index is 5.91. The van der Waals surface area contributed by atoms with Crippen LogP contribution in [0.25, 0.3) is 0 Å². The highest BCUT2D eigenvalue weighted by molar-refractivity contribution is 9.10. The van der Waals surface area contributed by atoms with E-state index in [-0.39, 0.29) is 0 Å². The van der Waals surface area contributed by atoms with Crippen LogP contribution in [0, 0.1) is 0 Å². The molecule has 1 atom stereocenters. The van der Waals surface area contributed by atoms with Crippen LogP contribution in [0.2, 0.25) is 5.02 Å². The number of nitrogens with one attached hydrogen (secondary N) is 1. The molecule has 0 saturated carbocycles. The molecule has 0 aliphatic heterocycles. The van der Waals surface area contributed by atoms with Gasteiger partial charge in [0.15, 0.2) is 0 Å². The molecule has 1 aromatic carbocycles. The molecule has 0 spiro atoms. The lowest BCUT2D eigenvalue weighted by Crippen LogP contribution is -2.19. The fourth-order valence-corrected chi connectivity index (χ4v) is 3.17. The second-order valence-electron chi connectivity index (χ2n) is 4.14. The highest BCUT2D eigenvalue weighted by Gasteiger charge is 2.08. The molecule has 0 radical (unpaired) electrons. The Kier molecular flexibility index (Phi) is 5.18. The van der Waals surface area contributed by atoms with Crippen LogP contribution >= 0.6 is 38.9 Å². The fraction of sp³-hybridized carbons (Fsp3) is 0.308. The lowest BCUT2D eigenvalue weighted by Gasteiger charge is -2.11. The van der Waals surface area contributed by atoms with Gasteiger partial charge in [-0.1, -0.05) is 40.5 Å². The molecular formula is C13H14BrClN2S. The minimum atomic E-state index is 0.441. The Morgan fingerprint density at radius 3 is 3.00 bits per heavy atom. The molecule has 0 saturated heterocycles. The van der Waals surface area contributed by atoms with E-state index in [1.165, 1.54) is 10.6 Å². The molecule has 0 bridgehead atoms. The van der Waals surface area contributed by atoms with E-state index in [2.05, 4.69) is 33.2 Å². The first kappa shape index (κ1) is 14.0. The van der Waals surface area contributed by atoms with Gasteiger partial charge in [0.25, 0.3) is 0 Å². The van der Waals surface area contributed by atoms with E-state index in [1.807, 2.05) is 29.8 Å². The van der Waals surface area contributed by atoms with Crippen molar-refractivity contribution >= 4 is 38.9 Å². The molecule has 1 N–H and O–H groups in total. The van der Waals surface area contributed by atoms with Crippen LogP contribution in [0.1, 0.15) is 23.4 Å². The van der Waals surface area contributed by atoms with Crippen molar-refractivity contribution < 1.29 is 0 Å². The molecule has 1 unspecified atom stereocenters. The van der Waals surface area contributed by atoms with E-state index < -0.39 is 0 Å². The highest BCUT2D eigenvalue weighted by Crippen LogP contribution is 2.22. The summed E-state index contributed by atoms with van der Waals surface area (Å²) in [5.74, 6) is 0.441. The molecule has 0 amide bonds. The molecule has 1 heterocycles. The van der Waals surface area contributed by atoms with Gasteiger partial charge in [0.05, 0.1) is 5.01 Å².